The van der Waals surface area contributed by atoms with Crippen LogP contribution in [0.5, 0.6) is 0 Å². The third kappa shape index (κ3) is 2.12. The number of amides is 1. The molecule has 3 rings (SSSR count). The summed E-state index contributed by atoms with van der Waals surface area (Å²) in [5.74, 6) is -0.309. The zero-order valence-electron chi connectivity index (χ0n) is 10.7. The number of aryl methyl sites for hydroxylation is 1. The summed E-state index contributed by atoms with van der Waals surface area (Å²) in [5.41, 5.74) is 1.73. The molecule has 2 aromatic heterocycles. The fraction of sp³-hybridized carbons (Fsp3) is 0.0714. The standard InChI is InChI=1S/C14H11ClN4O/c1-19-12-5-3-2-4-9(12)13(18-19)14(20)17-11-8-16-7-6-10(11)15/h2-8H,1H3,(H,17,20). The maximum atomic E-state index is 12.3. The first-order valence-corrected chi connectivity index (χ1v) is 6.37. The van der Waals surface area contributed by atoms with E-state index in [2.05, 4.69) is 15.4 Å². The summed E-state index contributed by atoms with van der Waals surface area (Å²) in [7, 11) is 1.80. The number of para-hydroxylation sites is 1. The predicted octanol–water partition coefficient (Wildman–Crippen LogP) is 2.87. The van der Waals surface area contributed by atoms with Gasteiger partial charge in [-0.25, -0.2) is 0 Å². The first-order chi connectivity index (χ1) is 9.66. The van der Waals surface area contributed by atoms with Crippen LogP contribution in [0.1, 0.15) is 10.5 Å². The minimum absolute atomic E-state index is 0.309. The van der Waals surface area contributed by atoms with Gasteiger partial charge in [0, 0.05) is 18.6 Å². The molecule has 0 aliphatic heterocycles. The number of rotatable bonds is 2. The van der Waals surface area contributed by atoms with Crippen molar-refractivity contribution in [3.8, 4) is 0 Å². The van der Waals surface area contributed by atoms with E-state index in [1.165, 1.54) is 6.20 Å². The summed E-state index contributed by atoms with van der Waals surface area (Å²) in [6.45, 7) is 0. The van der Waals surface area contributed by atoms with E-state index in [-0.39, 0.29) is 5.91 Å². The molecular weight excluding hydrogens is 276 g/mol. The summed E-state index contributed by atoms with van der Waals surface area (Å²) in [4.78, 5) is 16.3. The summed E-state index contributed by atoms with van der Waals surface area (Å²) in [5, 5.41) is 8.22. The number of halogens is 1. The van der Waals surface area contributed by atoms with Gasteiger partial charge in [-0.1, -0.05) is 29.8 Å². The third-order valence-corrected chi connectivity index (χ3v) is 3.32. The lowest BCUT2D eigenvalue weighted by Gasteiger charge is -2.04. The normalized spacial score (nSPS) is 10.7. The van der Waals surface area contributed by atoms with Crippen molar-refractivity contribution in [2.75, 3.05) is 5.32 Å². The summed E-state index contributed by atoms with van der Waals surface area (Å²) >= 11 is 6.00. The number of fused-ring (bicyclic) bond motifs is 1. The lowest BCUT2D eigenvalue weighted by atomic mass is 10.2. The van der Waals surface area contributed by atoms with Gasteiger partial charge < -0.3 is 5.32 Å². The number of pyridine rings is 1. The van der Waals surface area contributed by atoms with E-state index < -0.39 is 0 Å². The number of anilines is 1. The Labute approximate surface area is 120 Å². The largest absolute Gasteiger partial charge is 0.318 e. The van der Waals surface area contributed by atoms with Gasteiger partial charge in [-0.15, -0.1) is 0 Å². The number of aromatic nitrogens is 3. The molecule has 1 N–H and O–H groups in total. The molecule has 0 aliphatic rings. The third-order valence-electron chi connectivity index (χ3n) is 2.99. The average Bonchev–Trinajstić information content (AvgIpc) is 2.79. The number of nitrogens with one attached hydrogen (secondary N) is 1. The van der Waals surface area contributed by atoms with Crippen LogP contribution in [0.25, 0.3) is 10.9 Å². The van der Waals surface area contributed by atoms with Crippen LogP contribution in [-0.2, 0) is 7.05 Å². The molecule has 0 radical (unpaired) electrons. The van der Waals surface area contributed by atoms with E-state index in [9.17, 15) is 4.79 Å². The molecule has 0 spiro atoms. The van der Waals surface area contributed by atoms with Gasteiger partial charge in [0.2, 0.25) is 0 Å². The zero-order valence-corrected chi connectivity index (χ0v) is 11.4. The number of carbonyl (C=O) groups excluding carboxylic acids is 1. The van der Waals surface area contributed by atoms with Crippen LogP contribution in [0.3, 0.4) is 0 Å². The molecule has 0 bridgehead atoms. The van der Waals surface area contributed by atoms with E-state index in [0.717, 1.165) is 10.9 Å². The van der Waals surface area contributed by atoms with Gasteiger partial charge in [0.15, 0.2) is 5.69 Å². The van der Waals surface area contributed by atoms with Crippen molar-refractivity contribution in [1.82, 2.24) is 14.8 Å². The molecule has 6 heteroatoms. The van der Waals surface area contributed by atoms with E-state index in [0.29, 0.717) is 16.4 Å². The minimum atomic E-state index is -0.309. The Morgan fingerprint density at radius 3 is 2.90 bits per heavy atom. The molecular formula is C14H11ClN4O. The topological polar surface area (TPSA) is 59.8 Å². The molecule has 20 heavy (non-hydrogen) atoms. The van der Waals surface area contributed by atoms with Crippen LogP contribution in [0.4, 0.5) is 5.69 Å². The van der Waals surface area contributed by atoms with E-state index in [1.807, 2.05) is 24.3 Å². The van der Waals surface area contributed by atoms with Crippen molar-refractivity contribution in [2.45, 2.75) is 0 Å². The molecule has 0 saturated carbocycles. The second kappa shape index (κ2) is 4.94. The van der Waals surface area contributed by atoms with E-state index >= 15 is 0 Å². The minimum Gasteiger partial charge on any atom is -0.318 e. The molecule has 0 saturated heterocycles. The molecule has 0 fully saturated rings. The second-order valence-electron chi connectivity index (χ2n) is 4.30. The van der Waals surface area contributed by atoms with Crippen LogP contribution in [0, 0.1) is 0 Å². The maximum Gasteiger partial charge on any atom is 0.276 e. The first kappa shape index (κ1) is 12.6. The van der Waals surface area contributed by atoms with Gasteiger partial charge in [0.05, 0.1) is 22.4 Å². The van der Waals surface area contributed by atoms with Crippen molar-refractivity contribution < 1.29 is 4.79 Å². The molecule has 0 unspecified atom stereocenters. The highest BCUT2D eigenvalue weighted by Gasteiger charge is 2.16. The van der Waals surface area contributed by atoms with Gasteiger partial charge in [0.25, 0.3) is 5.91 Å². The average molecular weight is 287 g/mol. The molecule has 0 aliphatic carbocycles. The molecule has 5 nitrogen and oxygen atoms in total. The van der Waals surface area contributed by atoms with Crippen LogP contribution in [0.2, 0.25) is 5.02 Å². The highest BCUT2D eigenvalue weighted by molar-refractivity contribution is 6.33. The Hall–Kier alpha value is -2.40. The van der Waals surface area contributed by atoms with E-state index in [4.69, 9.17) is 11.6 Å². The maximum absolute atomic E-state index is 12.3. The van der Waals surface area contributed by atoms with Crippen LogP contribution >= 0.6 is 11.6 Å². The van der Waals surface area contributed by atoms with Gasteiger partial charge in [-0.3, -0.25) is 14.5 Å². The molecule has 1 aromatic carbocycles. The summed E-state index contributed by atoms with van der Waals surface area (Å²) < 4.78 is 1.68. The Morgan fingerprint density at radius 1 is 1.30 bits per heavy atom. The van der Waals surface area contributed by atoms with Gasteiger partial charge in [-0.05, 0) is 12.1 Å². The van der Waals surface area contributed by atoms with Crippen molar-refractivity contribution in [1.29, 1.82) is 0 Å². The zero-order chi connectivity index (χ0) is 14.1. The number of nitrogens with zero attached hydrogens (tertiary/aromatic N) is 3. The van der Waals surface area contributed by atoms with Crippen molar-refractivity contribution >= 4 is 34.1 Å². The van der Waals surface area contributed by atoms with Gasteiger partial charge >= 0.3 is 0 Å². The molecule has 0 atom stereocenters. The van der Waals surface area contributed by atoms with E-state index in [1.54, 1.807) is 24.0 Å². The Morgan fingerprint density at radius 2 is 2.10 bits per heavy atom. The molecule has 3 aromatic rings. The number of hydrogen-bond donors (Lipinski definition) is 1. The smallest absolute Gasteiger partial charge is 0.276 e. The first-order valence-electron chi connectivity index (χ1n) is 5.99. The van der Waals surface area contributed by atoms with Crippen molar-refractivity contribution in [3.63, 3.8) is 0 Å². The molecule has 100 valence electrons. The highest BCUT2D eigenvalue weighted by atomic mass is 35.5. The Bertz CT molecular complexity index is 797. The van der Waals surface area contributed by atoms with Crippen LogP contribution < -0.4 is 5.32 Å². The van der Waals surface area contributed by atoms with Gasteiger partial charge in [-0.2, -0.15) is 5.10 Å². The van der Waals surface area contributed by atoms with Crippen LogP contribution in [-0.4, -0.2) is 20.7 Å². The number of benzene rings is 1. The Kier molecular flexibility index (Phi) is 3.12. The summed E-state index contributed by atoms with van der Waals surface area (Å²) in [6.07, 6.45) is 3.07. The highest BCUT2D eigenvalue weighted by Crippen LogP contribution is 2.22. The van der Waals surface area contributed by atoms with Crippen molar-refractivity contribution in [3.05, 3.63) is 53.4 Å². The monoisotopic (exact) mass is 286 g/mol. The summed E-state index contributed by atoms with van der Waals surface area (Å²) in [6, 6.07) is 9.17. The SMILES string of the molecule is Cn1nc(C(=O)Nc2cnccc2Cl)c2ccccc21. The molecule has 1 amide bonds. The number of hydrogen-bond acceptors (Lipinski definition) is 3. The Balaban J connectivity index is 2.00. The fourth-order valence-corrected chi connectivity index (χ4v) is 2.18. The lowest BCUT2D eigenvalue weighted by Crippen LogP contribution is -2.13. The lowest BCUT2D eigenvalue weighted by molar-refractivity contribution is 0.102. The van der Waals surface area contributed by atoms with Gasteiger partial charge in [0.1, 0.15) is 0 Å². The quantitative estimate of drug-likeness (QED) is 0.788. The second-order valence-corrected chi connectivity index (χ2v) is 4.71. The molecule has 2 heterocycles. The van der Waals surface area contributed by atoms with Crippen molar-refractivity contribution in [2.24, 2.45) is 7.05 Å². The number of carbonyl (C=O) groups is 1. The predicted molar refractivity (Wildman–Crippen MR) is 77.9 cm³/mol. The fourth-order valence-electron chi connectivity index (χ4n) is 2.03. The van der Waals surface area contributed by atoms with Crippen LogP contribution in [0.15, 0.2) is 42.7 Å².